The summed E-state index contributed by atoms with van der Waals surface area (Å²) in [6.07, 6.45) is 8.17. The number of rotatable bonds is 10. The van der Waals surface area contributed by atoms with Crippen LogP contribution in [-0.2, 0) is 14.3 Å². The minimum Gasteiger partial charge on any atom is -0.469 e. The highest BCUT2D eigenvalue weighted by Gasteiger charge is 2.29. The maximum Gasteiger partial charge on any atom is 0.306 e. The molecule has 1 aliphatic rings. The summed E-state index contributed by atoms with van der Waals surface area (Å²) in [6, 6.07) is 8.06. The molecule has 1 atom stereocenters. The molecule has 2 heterocycles. The molecule has 0 saturated heterocycles. The predicted octanol–water partition coefficient (Wildman–Crippen LogP) is 5.18. The lowest BCUT2D eigenvalue weighted by Crippen LogP contribution is -2.42. The number of hydrogen-bond acceptors (Lipinski definition) is 8. The third-order valence-corrected chi connectivity index (χ3v) is 6.56. The number of ether oxygens (including phenoxy) is 2. The highest BCUT2D eigenvalue weighted by Crippen LogP contribution is 2.35. The monoisotopic (exact) mass is 479 g/mol. The van der Waals surface area contributed by atoms with E-state index in [1.807, 2.05) is 13.1 Å². The number of nitriles is 1. The van der Waals surface area contributed by atoms with E-state index < -0.39 is 0 Å². The molecule has 3 rings (SSSR count). The van der Waals surface area contributed by atoms with Crippen LogP contribution >= 0.6 is 0 Å². The van der Waals surface area contributed by atoms with Gasteiger partial charge in [0.2, 0.25) is 0 Å². The fourth-order valence-corrected chi connectivity index (χ4v) is 4.58. The van der Waals surface area contributed by atoms with Crippen molar-refractivity contribution in [3.8, 4) is 6.07 Å². The Balaban J connectivity index is 1.98. The van der Waals surface area contributed by atoms with Gasteiger partial charge >= 0.3 is 5.97 Å². The summed E-state index contributed by atoms with van der Waals surface area (Å²) >= 11 is 0. The smallest absolute Gasteiger partial charge is 0.306 e. The lowest BCUT2D eigenvalue weighted by Gasteiger charge is -2.39. The first kappa shape index (κ1) is 26.4. The molecule has 188 valence electrons. The Morgan fingerprint density at radius 1 is 1.17 bits per heavy atom. The Labute approximate surface area is 208 Å². The molecule has 0 aromatic carbocycles. The molecular formula is C27H37N5O3. The molecule has 0 spiro atoms. The second-order valence-corrected chi connectivity index (χ2v) is 9.70. The van der Waals surface area contributed by atoms with Gasteiger partial charge in [-0.15, -0.1) is 0 Å². The highest BCUT2D eigenvalue weighted by atomic mass is 16.5. The van der Waals surface area contributed by atoms with E-state index in [2.05, 4.69) is 41.2 Å². The molecule has 35 heavy (non-hydrogen) atoms. The summed E-state index contributed by atoms with van der Waals surface area (Å²) in [6.45, 7) is 7.31. The Bertz CT molecular complexity index is 1010. The van der Waals surface area contributed by atoms with Gasteiger partial charge in [-0.1, -0.05) is 20.8 Å². The van der Waals surface area contributed by atoms with E-state index in [1.54, 1.807) is 25.4 Å². The van der Waals surface area contributed by atoms with Crippen molar-refractivity contribution in [3.63, 3.8) is 0 Å². The second kappa shape index (κ2) is 12.5. The van der Waals surface area contributed by atoms with E-state index in [1.165, 1.54) is 7.11 Å². The van der Waals surface area contributed by atoms with Crippen LogP contribution in [0.2, 0.25) is 0 Å². The zero-order chi connectivity index (χ0) is 25.4. The number of anilines is 3. The third kappa shape index (κ3) is 7.15. The van der Waals surface area contributed by atoms with Gasteiger partial charge in [-0.3, -0.25) is 4.79 Å². The zero-order valence-corrected chi connectivity index (χ0v) is 21.5. The molecule has 0 amide bonds. The number of methoxy groups -OCH3 is 2. The van der Waals surface area contributed by atoms with Crippen LogP contribution in [0.25, 0.3) is 0 Å². The maximum absolute atomic E-state index is 11.9. The molecule has 0 aliphatic heterocycles. The van der Waals surface area contributed by atoms with Gasteiger partial charge in [-0.2, -0.15) is 5.26 Å². The van der Waals surface area contributed by atoms with Crippen molar-refractivity contribution in [2.45, 2.75) is 70.9 Å². The van der Waals surface area contributed by atoms with Crippen LogP contribution in [0.5, 0.6) is 0 Å². The number of esters is 1. The Morgan fingerprint density at radius 2 is 1.91 bits per heavy atom. The Hall–Kier alpha value is -3.18. The summed E-state index contributed by atoms with van der Waals surface area (Å²) in [5.41, 5.74) is 2.29. The van der Waals surface area contributed by atoms with E-state index in [9.17, 15) is 4.79 Å². The van der Waals surface area contributed by atoms with Crippen molar-refractivity contribution >= 4 is 23.3 Å². The molecule has 0 unspecified atom stereocenters. The van der Waals surface area contributed by atoms with Crippen LogP contribution in [0, 0.1) is 17.2 Å². The standard InChI is InChI=1S/C27H37N5O3/c1-18(2)17-32(22-7-9-23(34-4)10-8-22)27-24(31-25-11-6-20(14-28)15-29-25)13-21(16-30-27)19(3)12-26(33)35-5/h6,11,13,15-16,18-19,22-23H,7-10,12,17H2,1-5H3,(H,29,31)/t19-,22?,23?/m1/s1. The molecule has 0 bridgehead atoms. The molecule has 0 radical (unpaired) electrons. The maximum atomic E-state index is 11.9. The van der Waals surface area contributed by atoms with Gasteiger partial charge < -0.3 is 19.7 Å². The SMILES string of the molecule is COC(=O)C[C@@H](C)c1cnc(N(CC(C)C)C2CCC(OC)CC2)c(Nc2ccc(C#N)cn2)c1. The molecule has 8 heteroatoms. The molecular weight excluding hydrogens is 442 g/mol. The first-order valence-electron chi connectivity index (χ1n) is 12.3. The van der Waals surface area contributed by atoms with Crippen LogP contribution in [0.15, 0.2) is 30.6 Å². The Kier molecular flexibility index (Phi) is 9.44. The number of pyridine rings is 2. The largest absolute Gasteiger partial charge is 0.469 e. The first-order valence-corrected chi connectivity index (χ1v) is 12.3. The summed E-state index contributed by atoms with van der Waals surface area (Å²) in [5.74, 6) is 1.67. The topological polar surface area (TPSA) is 100 Å². The van der Waals surface area contributed by atoms with Crippen molar-refractivity contribution in [1.82, 2.24) is 9.97 Å². The molecule has 1 aliphatic carbocycles. The van der Waals surface area contributed by atoms with Gasteiger partial charge in [0.15, 0.2) is 5.82 Å². The van der Waals surface area contributed by atoms with Gasteiger partial charge in [0.25, 0.3) is 0 Å². The number of hydrogen-bond donors (Lipinski definition) is 1. The van der Waals surface area contributed by atoms with E-state index in [4.69, 9.17) is 19.7 Å². The normalized spacial score (nSPS) is 18.5. The Morgan fingerprint density at radius 3 is 2.49 bits per heavy atom. The van der Waals surface area contributed by atoms with Crippen LogP contribution in [0.1, 0.15) is 69.9 Å². The lowest BCUT2D eigenvalue weighted by atomic mass is 9.91. The van der Waals surface area contributed by atoms with Gasteiger partial charge in [-0.25, -0.2) is 9.97 Å². The fraction of sp³-hybridized carbons (Fsp3) is 0.556. The number of carbonyl (C=O) groups excluding carboxylic acids is 1. The summed E-state index contributed by atoms with van der Waals surface area (Å²) in [7, 11) is 3.20. The molecule has 8 nitrogen and oxygen atoms in total. The summed E-state index contributed by atoms with van der Waals surface area (Å²) in [4.78, 5) is 23.6. The lowest BCUT2D eigenvalue weighted by molar-refractivity contribution is -0.140. The van der Waals surface area contributed by atoms with Crippen molar-refractivity contribution < 1.29 is 14.3 Å². The molecule has 1 N–H and O–H groups in total. The molecule has 1 saturated carbocycles. The van der Waals surface area contributed by atoms with Gasteiger partial charge in [0, 0.05) is 32.1 Å². The summed E-state index contributed by atoms with van der Waals surface area (Å²) < 4.78 is 10.5. The average molecular weight is 480 g/mol. The van der Waals surface area contributed by atoms with Crippen LogP contribution in [0.4, 0.5) is 17.3 Å². The highest BCUT2D eigenvalue weighted by molar-refractivity contribution is 5.73. The van der Waals surface area contributed by atoms with Crippen molar-refractivity contribution in [3.05, 3.63) is 41.7 Å². The van der Waals surface area contributed by atoms with Crippen LogP contribution in [-0.4, -0.2) is 48.8 Å². The number of nitrogens with one attached hydrogen (secondary N) is 1. The number of carbonyl (C=O) groups is 1. The predicted molar refractivity (Wildman–Crippen MR) is 137 cm³/mol. The summed E-state index contributed by atoms with van der Waals surface area (Å²) in [5, 5.41) is 12.5. The third-order valence-electron chi connectivity index (χ3n) is 6.56. The first-order chi connectivity index (χ1) is 16.8. The quantitative estimate of drug-likeness (QED) is 0.465. The van der Waals surface area contributed by atoms with Crippen molar-refractivity contribution in [2.24, 2.45) is 5.92 Å². The zero-order valence-electron chi connectivity index (χ0n) is 21.5. The fourth-order valence-electron chi connectivity index (χ4n) is 4.58. The van der Waals surface area contributed by atoms with Crippen LogP contribution < -0.4 is 10.2 Å². The minimum absolute atomic E-state index is 0.0471. The van der Waals surface area contributed by atoms with E-state index >= 15 is 0 Å². The number of nitrogens with zero attached hydrogens (tertiary/aromatic N) is 4. The van der Waals surface area contributed by atoms with E-state index in [0.29, 0.717) is 29.4 Å². The van der Waals surface area contributed by atoms with Crippen molar-refractivity contribution in [1.29, 1.82) is 5.26 Å². The molecule has 2 aromatic rings. The van der Waals surface area contributed by atoms with Gasteiger partial charge in [0.05, 0.1) is 30.9 Å². The van der Waals surface area contributed by atoms with E-state index in [0.717, 1.165) is 49.3 Å². The van der Waals surface area contributed by atoms with Crippen molar-refractivity contribution in [2.75, 3.05) is 31.0 Å². The number of aromatic nitrogens is 2. The van der Waals surface area contributed by atoms with Crippen LogP contribution in [0.3, 0.4) is 0 Å². The van der Waals surface area contributed by atoms with Gasteiger partial charge in [0.1, 0.15) is 11.9 Å². The average Bonchev–Trinajstić information content (AvgIpc) is 2.87. The molecule has 2 aromatic heterocycles. The minimum atomic E-state index is -0.249. The second-order valence-electron chi connectivity index (χ2n) is 9.70. The van der Waals surface area contributed by atoms with Gasteiger partial charge in [-0.05, 0) is 61.3 Å². The van der Waals surface area contributed by atoms with E-state index in [-0.39, 0.29) is 18.3 Å². The molecule has 1 fully saturated rings.